The molecule has 4 rings (SSSR count). The second kappa shape index (κ2) is 10.9. The Morgan fingerprint density at radius 2 is 1.81 bits per heavy atom. The van der Waals surface area contributed by atoms with Gasteiger partial charge in [-0.15, -0.1) is 0 Å². The highest BCUT2D eigenvalue weighted by Crippen LogP contribution is 2.32. The molecule has 1 aliphatic heterocycles. The van der Waals surface area contributed by atoms with Gasteiger partial charge in [0.05, 0.1) is 12.6 Å². The number of nitrogens with one attached hydrogen (secondary N) is 1. The number of para-hydroxylation sites is 1. The van der Waals surface area contributed by atoms with E-state index in [1.54, 1.807) is 23.1 Å². The Bertz CT molecular complexity index is 1290. The second-order valence-corrected chi connectivity index (χ2v) is 10.2. The Balaban J connectivity index is 1.68. The van der Waals surface area contributed by atoms with Crippen molar-refractivity contribution in [1.29, 1.82) is 0 Å². The fourth-order valence-electron chi connectivity index (χ4n) is 4.32. The van der Waals surface area contributed by atoms with E-state index in [2.05, 4.69) is 15.3 Å². The molecule has 0 saturated heterocycles. The minimum Gasteiger partial charge on any atom is -0.352 e. The van der Waals surface area contributed by atoms with Gasteiger partial charge in [0, 0.05) is 43.3 Å². The summed E-state index contributed by atoms with van der Waals surface area (Å²) < 4.78 is 14.1. The summed E-state index contributed by atoms with van der Waals surface area (Å²) in [6.07, 6.45) is 3.92. The van der Waals surface area contributed by atoms with Crippen molar-refractivity contribution in [2.75, 3.05) is 11.4 Å². The van der Waals surface area contributed by atoms with Crippen LogP contribution in [0.1, 0.15) is 48.8 Å². The van der Waals surface area contributed by atoms with Gasteiger partial charge in [-0.3, -0.25) is 19.4 Å². The van der Waals surface area contributed by atoms with Gasteiger partial charge in [-0.2, -0.15) is 0 Å². The number of nitrogens with zero attached hydrogens (tertiary/aromatic N) is 4. The number of carbonyl (C=O) groups is 3. The summed E-state index contributed by atoms with van der Waals surface area (Å²) in [5.74, 6) is -1.77. The number of rotatable bonds is 6. The average molecular weight is 504 g/mol. The highest BCUT2D eigenvalue weighted by molar-refractivity contribution is 6.05. The SMILES string of the molecule is CC(C)(C)CN1C(=O)C(CC(=O)NCc2ccccc2F)N(C(=O)c2cnccn2)Cc2ccccc21. The molecule has 0 saturated carbocycles. The quantitative estimate of drug-likeness (QED) is 0.553. The van der Waals surface area contributed by atoms with Crippen LogP contribution in [0.25, 0.3) is 0 Å². The lowest BCUT2D eigenvalue weighted by Gasteiger charge is -2.33. The number of hydrogen-bond acceptors (Lipinski definition) is 5. The molecule has 2 aromatic carbocycles. The third-order valence-corrected chi connectivity index (χ3v) is 6.04. The summed E-state index contributed by atoms with van der Waals surface area (Å²) in [6, 6.07) is 12.5. The third-order valence-electron chi connectivity index (χ3n) is 6.04. The molecular formula is C28H30FN5O3. The van der Waals surface area contributed by atoms with Crippen LogP contribution in [0.3, 0.4) is 0 Å². The highest BCUT2D eigenvalue weighted by Gasteiger charge is 2.40. The molecule has 0 bridgehead atoms. The van der Waals surface area contributed by atoms with Gasteiger partial charge in [0.15, 0.2) is 0 Å². The van der Waals surface area contributed by atoms with Gasteiger partial charge in [0.1, 0.15) is 17.6 Å². The van der Waals surface area contributed by atoms with Crippen molar-refractivity contribution in [2.45, 2.75) is 46.3 Å². The van der Waals surface area contributed by atoms with Gasteiger partial charge in [0.2, 0.25) is 11.8 Å². The molecular weight excluding hydrogens is 473 g/mol. The van der Waals surface area contributed by atoms with E-state index in [1.807, 2.05) is 45.0 Å². The van der Waals surface area contributed by atoms with Crippen LogP contribution < -0.4 is 10.2 Å². The van der Waals surface area contributed by atoms with Gasteiger partial charge >= 0.3 is 0 Å². The summed E-state index contributed by atoms with van der Waals surface area (Å²) in [7, 11) is 0. The van der Waals surface area contributed by atoms with Crippen LogP contribution in [-0.2, 0) is 22.7 Å². The van der Waals surface area contributed by atoms with E-state index < -0.39 is 23.7 Å². The smallest absolute Gasteiger partial charge is 0.275 e. The van der Waals surface area contributed by atoms with Crippen LogP contribution in [0.5, 0.6) is 0 Å². The minimum absolute atomic E-state index is 0.0313. The molecule has 1 atom stereocenters. The van der Waals surface area contributed by atoms with Crippen molar-refractivity contribution in [1.82, 2.24) is 20.2 Å². The molecule has 8 nitrogen and oxygen atoms in total. The van der Waals surface area contributed by atoms with E-state index >= 15 is 0 Å². The molecule has 1 aliphatic rings. The first-order chi connectivity index (χ1) is 17.6. The predicted octanol–water partition coefficient (Wildman–Crippen LogP) is 3.73. The standard InChI is InChI=1S/C28H30FN5O3/c1-28(2,3)18-34-23-11-7-5-9-20(23)17-33(26(36)22-16-30-12-13-31-22)24(27(34)37)14-25(35)32-15-19-8-4-6-10-21(19)29/h4-13,16,24H,14-15,17-18H2,1-3H3,(H,32,35). The van der Waals surface area contributed by atoms with E-state index in [4.69, 9.17) is 0 Å². The number of hydrogen-bond donors (Lipinski definition) is 1. The van der Waals surface area contributed by atoms with Crippen LogP contribution in [0.2, 0.25) is 0 Å². The normalized spacial score (nSPS) is 15.7. The minimum atomic E-state index is -1.09. The van der Waals surface area contributed by atoms with Crippen LogP contribution >= 0.6 is 0 Å². The van der Waals surface area contributed by atoms with Crippen molar-refractivity contribution in [2.24, 2.45) is 5.41 Å². The summed E-state index contributed by atoms with van der Waals surface area (Å²) in [6.45, 7) is 6.54. The van der Waals surface area contributed by atoms with E-state index in [9.17, 15) is 18.8 Å². The maximum atomic E-state index is 14.1. The van der Waals surface area contributed by atoms with Gasteiger partial charge in [0.25, 0.3) is 5.91 Å². The number of anilines is 1. The number of amides is 3. The molecule has 1 N–H and O–H groups in total. The van der Waals surface area contributed by atoms with Crippen LogP contribution in [-0.4, -0.2) is 45.2 Å². The monoisotopic (exact) mass is 503 g/mol. The summed E-state index contributed by atoms with van der Waals surface area (Å²) >= 11 is 0. The topological polar surface area (TPSA) is 95.5 Å². The van der Waals surface area contributed by atoms with Crippen LogP contribution in [0, 0.1) is 11.2 Å². The summed E-state index contributed by atoms with van der Waals surface area (Å²) in [5, 5.41) is 2.70. The Morgan fingerprint density at radius 1 is 1.08 bits per heavy atom. The Morgan fingerprint density at radius 3 is 2.51 bits per heavy atom. The average Bonchev–Trinajstić information content (AvgIpc) is 2.98. The molecule has 0 fully saturated rings. The molecule has 9 heteroatoms. The molecule has 3 amide bonds. The Kier molecular flexibility index (Phi) is 7.61. The molecule has 37 heavy (non-hydrogen) atoms. The maximum Gasteiger partial charge on any atom is 0.275 e. The lowest BCUT2D eigenvalue weighted by molar-refractivity contribution is -0.129. The Labute approximate surface area is 215 Å². The number of halogens is 1. The zero-order valence-corrected chi connectivity index (χ0v) is 21.1. The van der Waals surface area contributed by atoms with Crippen molar-refractivity contribution >= 4 is 23.4 Å². The maximum absolute atomic E-state index is 14.1. The second-order valence-electron chi connectivity index (χ2n) is 10.2. The van der Waals surface area contributed by atoms with E-state index in [0.717, 1.165) is 5.56 Å². The molecule has 0 aliphatic carbocycles. The van der Waals surface area contributed by atoms with E-state index in [-0.39, 0.29) is 36.5 Å². The molecule has 0 spiro atoms. The van der Waals surface area contributed by atoms with Gasteiger partial charge in [-0.1, -0.05) is 57.2 Å². The number of carbonyl (C=O) groups excluding carboxylic acids is 3. The predicted molar refractivity (Wildman–Crippen MR) is 137 cm³/mol. The van der Waals surface area contributed by atoms with Gasteiger partial charge < -0.3 is 15.1 Å². The Hall–Kier alpha value is -4.14. The molecule has 0 radical (unpaired) electrons. The van der Waals surface area contributed by atoms with E-state index in [1.165, 1.54) is 29.6 Å². The van der Waals surface area contributed by atoms with Gasteiger partial charge in [-0.05, 0) is 23.1 Å². The highest BCUT2D eigenvalue weighted by atomic mass is 19.1. The van der Waals surface area contributed by atoms with Crippen molar-refractivity contribution in [3.05, 3.63) is 89.8 Å². The van der Waals surface area contributed by atoms with Crippen molar-refractivity contribution in [3.8, 4) is 0 Å². The fourth-order valence-corrected chi connectivity index (χ4v) is 4.32. The lowest BCUT2D eigenvalue weighted by Crippen LogP contribution is -2.52. The molecule has 1 unspecified atom stereocenters. The number of fused-ring (bicyclic) bond motifs is 1. The van der Waals surface area contributed by atoms with Crippen LogP contribution in [0.4, 0.5) is 10.1 Å². The van der Waals surface area contributed by atoms with E-state index in [0.29, 0.717) is 17.8 Å². The van der Waals surface area contributed by atoms with Gasteiger partial charge in [-0.25, -0.2) is 9.37 Å². The largest absolute Gasteiger partial charge is 0.352 e. The first-order valence-electron chi connectivity index (χ1n) is 12.1. The molecule has 3 aromatic rings. The van der Waals surface area contributed by atoms with Crippen molar-refractivity contribution in [3.63, 3.8) is 0 Å². The summed E-state index contributed by atoms with van der Waals surface area (Å²) in [5.41, 5.74) is 1.65. The van der Waals surface area contributed by atoms with Crippen LogP contribution in [0.15, 0.2) is 67.1 Å². The zero-order valence-electron chi connectivity index (χ0n) is 21.1. The number of aromatic nitrogens is 2. The first-order valence-corrected chi connectivity index (χ1v) is 12.1. The molecule has 2 heterocycles. The molecule has 1 aromatic heterocycles. The van der Waals surface area contributed by atoms with Crippen molar-refractivity contribution < 1.29 is 18.8 Å². The third kappa shape index (κ3) is 6.17. The number of benzene rings is 2. The first kappa shape index (κ1) is 25.9. The summed E-state index contributed by atoms with van der Waals surface area (Å²) in [4.78, 5) is 51.8. The lowest BCUT2D eigenvalue weighted by atomic mass is 9.95. The molecule has 192 valence electrons. The fraction of sp³-hybridized carbons (Fsp3) is 0.321. The zero-order chi connectivity index (χ0) is 26.6.